The Labute approximate surface area is 148 Å². The lowest BCUT2D eigenvalue weighted by Gasteiger charge is -2.40. The van der Waals surface area contributed by atoms with Crippen LogP contribution in [0.2, 0.25) is 0 Å². The SMILES string of the molecule is CC(=O)N1CCC(NC2CC(NC(=O)OCc3ccccc3)C2)CC1. The summed E-state index contributed by atoms with van der Waals surface area (Å²) in [7, 11) is 0. The molecule has 1 aliphatic heterocycles. The third-order valence-corrected chi connectivity index (χ3v) is 5.08. The van der Waals surface area contributed by atoms with Crippen molar-refractivity contribution in [3.05, 3.63) is 35.9 Å². The summed E-state index contributed by atoms with van der Waals surface area (Å²) in [6.07, 6.45) is 3.54. The van der Waals surface area contributed by atoms with Gasteiger partial charge in [-0.2, -0.15) is 0 Å². The Kier molecular flexibility index (Phi) is 5.91. The maximum Gasteiger partial charge on any atom is 0.407 e. The Morgan fingerprint density at radius 2 is 1.76 bits per heavy atom. The van der Waals surface area contributed by atoms with E-state index in [0.717, 1.165) is 44.3 Å². The number of ether oxygens (including phenoxy) is 1. The molecule has 0 unspecified atom stereocenters. The largest absolute Gasteiger partial charge is 0.445 e. The smallest absolute Gasteiger partial charge is 0.407 e. The van der Waals surface area contributed by atoms with Gasteiger partial charge in [0.05, 0.1) is 0 Å². The van der Waals surface area contributed by atoms with Crippen LogP contribution in [-0.4, -0.2) is 48.1 Å². The first-order valence-corrected chi connectivity index (χ1v) is 9.09. The highest BCUT2D eigenvalue weighted by Gasteiger charge is 2.33. The molecule has 2 fully saturated rings. The average molecular weight is 345 g/mol. The van der Waals surface area contributed by atoms with E-state index in [1.807, 2.05) is 35.2 Å². The first-order valence-electron chi connectivity index (χ1n) is 9.09. The van der Waals surface area contributed by atoms with E-state index in [2.05, 4.69) is 10.6 Å². The van der Waals surface area contributed by atoms with E-state index < -0.39 is 0 Å². The molecule has 1 saturated carbocycles. The maximum atomic E-state index is 11.8. The molecule has 0 spiro atoms. The van der Waals surface area contributed by atoms with E-state index in [1.54, 1.807) is 6.92 Å². The number of hydrogen-bond donors (Lipinski definition) is 2. The Morgan fingerprint density at radius 3 is 2.40 bits per heavy atom. The fourth-order valence-corrected chi connectivity index (χ4v) is 3.50. The van der Waals surface area contributed by atoms with Crippen molar-refractivity contribution < 1.29 is 14.3 Å². The van der Waals surface area contributed by atoms with Crippen molar-refractivity contribution in [1.82, 2.24) is 15.5 Å². The topological polar surface area (TPSA) is 70.7 Å². The normalized spacial score (nSPS) is 23.6. The molecule has 1 aromatic carbocycles. The minimum atomic E-state index is -0.345. The van der Waals surface area contributed by atoms with Crippen molar-refractivity contribution in [2.45, 2.75) is 57.3 Å². The summed E-state index contributed by atoms with van der Waals surface area (Å²) in [5, 5.41) is 6.57. The minimum absolute atomic E-state index is 0.167. The molecule has 2 amide bonds. The number of alkyl carbamates (subject to hydrolysis) is 1. The van der Waals surface area contributed by atoms with Gasteiger partial charge < -0.3 is 20.3 Å². The number of benzene rings is 1. The number of carbonyl (C=O) groups is 2. The second-order valence-corrected chi connectivity index (χ2v) is 7.02. The summed E-state index contributed by atoms with van der Waals surface area (Å²) < 4.78 is 5.25. The van der Waals surface area contributed by atoms with E-state index in [4.69, 9.17) is 4.74 Å². The van der Waals surface area contributed by atoms with Gasteiger partial charge in [0.15, 0.2) is 0 Å². The van der Waals surface area contributed by atoms with Crippen molar-refractivity contribution >= 4 is 12.0 Å². The van der Waals surface area contributed by atoms with Crippen LogP contribution in [-0.2, 0) is 16.1 Å². The molecule has 0 bridgehead atoms. The standard InChI is InChI=1S/C19H27N3O3/c1-14(23)22-9-7-16(8-10-22)20-17-11-18(12-17)21-19(24)25-13-15-5-3-2-4-6-15/h2-6,16-18,20H,7-13H2,1H3,(H,21,24). The lowest BCUT2D eigenvalue weighted by Crippen LogP contribution is -2.56. The van der Waals surface area contributed by atoms with Gasteiger partial charge in [0.25, 0.3) is 0 Å². The molecule has 2 aliphatic rings. The van der Waals surface area contributed by atoms with Crippen molar-refractivity contribution in [3.8, 4) is 0 Å². The zero-order valence-electron chi connectivity index (χ0n) is 14.7. The number of carbonyl (C=O) groups excluding carboxylic acids is 2. The number of nitrogens with one attached hydrogen (secondary N) is 2. The van der Waals surface area contributed by atoms with Gasteiger partial charge >= 0.3 is 6.09 Å². The highest BCUT2D eigenvalue weighted by molar-refractivity contribution is 5.73. The Hall–Kier alpha value is -2.08. The summed E-state index contributed by atoms with van der Waals surface area (Å²) in [5.41, 5.74) is 0.989. The molecule has 0 radical (unpaired) electrons. The van der Waals surface area contributed by atoms with E-state index in [0.29, 0.717) is 18.7 Å². The summed E-state index contributed by atoms with van der Waals surface area (Å²) in [5.74, 6) is 0.167. The van der Waals surface area contributed by atoms with E-state index in [-0.39, 0.29) is 18.0 Å². The molecule has 2 N–H and O–H groups in total. The van der Waals surface area contributed by atoms with Gasteiger partial charge in [-0.25, -0.2) is 4.79 Å². The van der Waals surface area contributed by atoms with Crippen molar-refractivity contribution in [2.75, 3.05) is 13.1 Å². The molecular weight excluding hydrogens is 318 g/mol. The lowest BCUT2D eigenvalue weighted by atomic mass is 9.85. The molecular formula is C19H27N3O3. The van der Waals surface area contributed by atoms with Gasteiger partial charge in [-0.15, -0.1) is 0 Å². The number of rotatable bonds is 5. The molecule has 136 valence electrons. The van der Waals surface area contributed by atoms with Crippen molar-refractivity contribution in [2.24, 2.45) is 0 Å². The molecule has 3 rings (SSSR count). The molecule has 0 aromatic heterocycles. The van der Waals surface area contributed by atoms with E-state index in [1.165, 1.54) is 0 Å². The molecule has 1 saturated heterocycles. The highest BCUT2D eigenvalue weighted by atomic mass is 16.5. The molecule has 25 heavy (non-hydrogen) atoms. The Balaban J connectivity index is 1.28. The lowest BCUT2D eigenvalue weighted by molar-refractivity contribution is -0.129. The molecule has 1 heterocycles. The van der Waals surface area contributed by atoms with Gasteiger partial charge in [-0.05, 0) is 31.2 Å². The number of piperidine rings is 1. The van der Waals surface area contributed by atoms with Crippen LogP contribution < -0.4 is 10.6 Å². The Bertz CT molecular complexity index is 579. The van der Waals surface area contributed by atoms with Gasteiger partial charge in [0.1, 0.15) is 6.61 Å². The fourth-order valence-electron chi connectivity index (χ4n) is 3.50. The van der Waals surface area contributed by atoms with Crippen LogP contribution in [0.4, 0.5) is 4.79 Å². The van der Waals surface area contributed by atoms with Crippen LogP contribution in [0.3, 0.4) is 0 Å². The second kappa shape index (κ2) is 8.34. The van der Waals surface area contributed by atoms with Crippen LogP contribution >= 0.6 is 0 Å². The van der Waals surface area contributed by atoms with Gasteiger partial charge in [0, 0.05) is 38.1 Å². The summed E-state index contributed by atoms with van der Waals surface area (Å²) in [6, 6.07) is 10.8. The zero-order valence-corrected chi connectivity index (χ0v) is 14.7. The van der Waals surface area contributed by atoms with Crippen molar-refractivity contribution in [1.29, 1.82) is 0 Å². The van der Waals surface area contributed by atoms with E-state index >= 15 is 0 Å². The van der Waals surface area contributed by atoms with Crippen LogP contribution in [0.25, 0.3) is 0 Å². The molecule has 1 aliphatic carbocycles. The first kappa shape index (κ1) is 17.7. The third-order valence-electron chi connectivity index (χ3n) is 5.08. The zero-order chi connectivity index (χ0) is 17.6. The predicted molar refractivity (Wildman–Crippen MR) is 95.0 cm³/mol. The van der Waals surface area contributed by atoms with Crippen molar-refractivity contribution in [3.63, 3.8) is 0 Å². The highest BCUT2D eigenvalue weighted by Crippen LogP contribution is 2.22. The van der Waals surface area contributed by atoms with Gasteiger partial charge in [0.2, 0.25) is 5.91 Å². The molecule has 0 atom stereocenters. The molecule has 1 aromatic rings. The van der Waals surface area contributed by atoms with Crippen LogP contribution in [0.15, 0.2) is 30.3 Å². The minimum Gasteiger partial charge on any atom is -0.445 e. The summed E-state index contributed by atoms with van der Waals surface area (Å²) in [6.45, 7) is 3.61. The quantitative estimate of drug-likeness (QED) is 0.857. The molecule has 6 nitrogen and oxygen atoms in total. The third kappa shape index (κ3) is 5.19. The average Bonchev–Trinajstić information content (AvgIpc) is 2.59. The van der Waals surface area contributed by atoms with Crippen LogP contribution in [0.1, 0.15) is 38.2 Å². The number of likely N-dealkylation sites (tertiary alicyclic amines) is 1. The van der Waals surface area contributed by atoms with Crippen LogP contribution in [0, 0.1) is 0 Å². The van der Waals surface area contributed by atoms with Crippen LogP contribution in [0.5, 0.6) is 0 Å². The number of hydrogen-bond acceptors (Lipinski definition) is 4. The summed E-state index contributed by atoms with van der Waals surface area (Å²) >= 11 is 0. The number of nitrogens with zero attached hydrogens (tertiary/aromatic N) is 1. The number of amides is 2. The predicted octanol–water partition coefficient (Wildman–Crippen LogP) is 2.04. The second-order valence-electron chi connectivity index (χ2n) is 7.02. The maximum absolute atomic E-state index is 11.8. The van der Waals surface area contributed by atoms with Gasteiger partial charge in [-0.1, -0.05) is 30.3 Å². The summed E-state index contributed by atoms with van der Waals surface area (Å²) in [4.78, 5) is 25.1. The first-order chi connectivity index (χ1) is 12.1. The Morgan fingerprint density at radius 1 is 1.08 bits per heavy atom. The molecule has 6 heteroatoms. The fraction of sp³-hybridized carbons (Fsp3) is 0.579. The van der Waals surface area contributed by atoms with Gasteiger partial charge in [-0.3, -0.25) is 4.79 Å². The van der Waals surface area contributed by atoms with E-state index in [9.17, 15) is 9.59 Å². The monoisotopic (exact) mass is 345 g/mol.